The van der Waals surface area contributed by atoms with Crippen molar-refractivity contribution < 1.29 is 0 Å². The van der Waals surface area contributed by atoms with Crippen LogP contribution in [-0.4, -0.2) is 30.0 Å². The Bertz CT molecular complexity index is 314. The van der Waals surface area contributed by atoms with Crippen molar-refractivity contribution in [3.63, 3.8) is 0 Å². The monoisotopic (exact) mass is 227 g/mol. The Morgan fingerprint density at radius 3 is 2.86 bits per heavy atom. The van der Waals surface area contributed by atoms with Gasteiger partial charge in [-0.05, 0) is 6.42 Å². The van der Waals surface area contributed by atoms with Crippen LogP contribution in [0.1, 0.15) is 12.8 Å². The van der Waals surface area contributed by atoms with Crippen molar-refractivity contribution in [3.8, 4) is 12.3 Å². The largest absolute Gasteiger partial charge is 0.353 e. The molecule has 0 bridgehead atoms. The lowest BCUT2D eigenvalue weighted by Crippen LogP contribution is -2.07. The van der Waals surface area contributed by atoms with E-state index >= 15 is 0 Å². The lowest BCUT2D eigenvalue weighted by Gasteiger charge is -2.03. The van der Waals surface area contributed by atoms with Crippen molar-refractivity contribution in [2.75, 3.05) is 24.7 Å². The van der Waals surface area contributed by atoms with Crippen LogP contribution in [0.4, 0.5) is 5.13 Å². The zero-order chi connectivity index (χ0) is 10.4. The number of hydrogen-bond acceptors (Lipinski definition) is 5. The smallest absolute Gasteiger partial charge is 0.208 e. The van der Waals surface area contributed by atoms with Gasteiger partial charge in [0.2, 0.25) is 5.13 Å². The molecule has 3 nitrogen and oxygen atoms in total. The Hall–Kier alpha value is -0.730. The molecule has 0 spiro atoms. The van der Waals surface area contributed by atoms with E-state index in [1.54, 1.807) is 23.1 Å². The average Bonchev–Trinajstić information content (AvgIpc) is 2.61. The summed E-state index contributed by atoms with van der Waals surface area (Å²) in [6, 6.07) is 0. The highest BCUT2D eigenvalue weighted by Crippen LogP contribution is 2.27. The van der Waals surface area contributed by atoms with E-state index < -0.39 is 0 Å². The summed E-state index contributed by atoms with van der Waals surface area (Å²) in [6.45, 7) is 0. The van der Waals surface area contributed by atoms with Crippen molar-refractivity contribution in [2.24, 2.45) is 0 Å². The second kappa shape index (κ2) is 5.89. The predicted octanol–water partition coefficient (Wildman–Crippen LogP) is 2.11. The van der Waals surface area contributed by atoms with Crippen molar-refractivity contribution in [1.82, 2.24) is 10.2 Å². The molecule has 76 valence electrons. The second-order valence-corrected chi connectivity index (χ2v) is 5.20. The second-order valence-electron chi connectivity index (χ2n) is 2.90. The molecule has 0 aromatic carbocycles. The molecule has 1 aromatic rings. The van der Waals surface area contributed by atoms with Crippen molar-refractivity contribution in [2.45, 2.75) is 17.2 Å². The first-order valence-electron chi connectivity index (χ1n) is 4.31. The summed E-state index contributed by atoms with van der Waals surface area (Å²) in [7, 11) is 3.93. The summed E-state index contributed by atoms with van der Waals surface area (Å²) in [5.41, 5.74) is 0. The predicted molar refractivity (Wildman–Crippen MR) is 63.0 cm³/mol. The third-order valence-electron chi connectivity index (χ3n) is 1.47. The number of thioether (sulfide) groups is 1. The molecule has 5 heteroatoms. The first-order valence-corrected chi connectivity index (χ1v) is 6.11. The maximum absolute atomic E-state index is 5.16. The number of unbranched alkanes of at least 4 members (excludes halogenated alkanes) is 1. The van der Waals surface area contributed by atoms with E-state index in [1.807, 2.05) is 19.0 Å². The maximum atomic E-state index is 5.16. The lowest BCUT2D eigenvalue weighted by molar-refractivity contribution is 0.964. The van der Waals surface area contributed by atoms with Gasteiger partial charge < -0.3 is 4.90 Å². The minimum atomic E-state index is 0.840. The topological polar surface area (TPSA) is 29.0 Å². The molecular formula is C9H13N3S2. The van der Waals surface area contributed by atoms with E-state index in [-0.39, 0.29) is 0 Å². The minimum Gasteiger partial charge on any atom is -0.353 e. The number of nitrogens with zero attached hydrogens (tertiary/aromatic N) is 3. The molecule has 0 aliphatic rings. The zero-order valence-electron chi connectivity index (χ0n) is 8.36. The van der Waals surface area contributed by atoms with Gasteiger partial charge in [-0.3, -0.25) is 0 Å². The first-order chi connectivity index (χ1) is 6.74. The molecular weight excluding hydrogens is 214 g/mol. The van der Waals surface area contributed by atoms with E-state index in [0.29, 0.717) is 0 Å². The third-order valence-corrected chi connectivity index (χ3v) is 3.78. The Kier molecular flexibility index (Phi) is 4.77. The van der Waals surface area contributed by atoms with Crippen LogP contribution in [0.5, 0.6) is 0 Å². The summed E-state index contributed by atoms with van der Waals surface area (Å²) < 4.78 is 1.02. The van der Waals surface area contributed by atoms with Crippen molar-refractivity contribution in [1.29, 1.82) is 0 Å². The summed E-state index contributed by atoms with van der Waals surface area (Å²) in [5, 5.41) is 9.07. The quantitative estimate of drug-likeness (QED) is 0.438. The molecule has 0 unspecified atom stereocenters. The minimum absolute atomic E-state index is 0.840. The van der Waals surface area contributed by atoms with Crippen LogP contribution in [0.25, 0.3) is 0 Å². The summed E-state index contributed by atoms with van der Waals surface area (Å²) in [4.78, 5) is 1.96. The van der Waals surface area contributed by atoms with Gasteiger partial charge in [-0.1, -0.05) is 23.1 Å². The Balaban J connectivity index is 2.33. The molecule has 1 aromatic heterocycles. The van der Waals surface area contributed by atoms with Gasteiger partial charge in [-0.25, -0.2) is 0 Å². The van der Waals surface area contributed by atoms with Gasteiger partial charge in [0.1, 0.15) is 0 Å². The maximum Gasteiger partial charge on any atom is 0.208 e. The summed E-state index contributed by atoms with van der Waals surface area (Å²) in [6.07, 6.45) is 7.04. The van der Waals surface area contributed by atoms with Gasteiger partial charge in [0.05, 0.1) is 0 Å². The normalized spacial score (nSPS) is 9.79. The van der Waals surface area contributed by atoms with E-state index in [1.165, 1.54) is 0 Å². The van der Waals surface area contributed by atoms with Crippen molar-refractivity contribution >= 4 is 28.2 Å². The fourth-order valence-corrected chi connectivity index (χ4v) is 2.55. The number of hydrogen-bond donors (Lipinski definition) is 0. The summed E-state index contributed by atoms with van der Waals surface area (Å²) >= 11 is 3.34. The highest BCUT2D eigenvalue weighted by atomic mass is 32.2. The molecule has 1 rings (SSSR count). The highest BCUT2D eigenvalue weighted by molar-refractivity contribution is 8.01. The molecule has 1 heterocycles. The molecule has 0 radical (unpaired) electrons. The van der Waals surface area contributed by atoms with Crippen molar-refractivity contribution in [3.05, 3.63) is 0 Å². The van der Waals surface area contributed by atoms with Gasteiger partial charge in [0, 0.05) is 26.3 Å². The number of aromatic nitrogens is 2. The summed E-state index contributed by atoms with van der Waals surface area (Å²) in [5.74, 6) is 3.64. The van der Waals surface area contributed by atoms with Gasteiger partial charge in [-0.2, -0.15) is 0 Å². The van der Waals surface area contributed by atoms with Gasteiger partial charge in [-0.15, -0.1) is 22.5 Å². The van der Waals surface area contributed by atoms with E-state index in [0.717, 1.165) is 28.1 Å². The van der Waals surface area contributed by atoms with Crippen LogP contribution in [0, 0.1) is 12.3 Å². The van der Waals surface area contributed by atoms with Crippen LogP contribution in [0.15, 0.2) is 4.34 Å². The Morgan fingerprint density at radius 1 is 1.50 bits per heavy atom. The zero-order valence-corrected chi connectivity index (χ0v) is 9.99. The average molecular weight is 227 g/mol. The fourth-order valence-electron chi connectivity index (χ4n) is 0.775. The molecule has 0 saturated carbocycles. The molecule has 0 fully saturated rings. The molecule has 0 saturated heterocycles. The number of anilines is 1. The Morgan fingerprint density at radius 2 is 2.29 bits per heavy atom. The van der Waals surface area contributed by atoms with E-state index in [9.17, 15) is 0 Å². The number of rotatable bonds is 5. The Labute approximate surface area is 92.9 Å². The molecule has 0 aliphatic carbocycles. The molecule has 0 amide bonds. The van der Waals surface area contributed by atoms with Crippen LogP contribution < -0.4 is 4.90 Å². The van der Waals surface area contributed by atoms with E-state index in [2.05, 4.69) is 16.1 Å². The molecule has 0 atom stereocenters. The van der Waals surface area contributed by atoms with Gasteiger partial charge in [0.25, 0.3) is 0 Å². The van der Waals surface area contributed by atoms with Gasteiger partial charge in [0.15, 0.2) is 4.34 Å². The highest BCUT2D eigenvalue weighted by Gasteiger charge is 2.05. The molecule has 0 aliphatic heterocycles. The van der Waals surface area contributed by atoms with Crippen LogP contribution in [-0.2, 0) is 0 Å². The van der Waals surface area contributed by atoms with Crippen LogP contribution >= 0.6 is 23.1 Å². The molecule has 0 N–H and O–H groups in total. The number of terminal acetylenes is 1. The first kappa shape index (κ1) is 11.3. The fraction of sp³-hybridized carbons (Fsp3) is 0.556. The van der Waals surface area contributed by atoms with Gasteiger partial charge >= 0.3 is 0 Å². The third kappa shape index (κ3) is 3.56. The lowest BCUT2D eigenvalue weighted by atomic mass is 10.4. The molecule has 14 heavy (non-hydrogen) atoms. The standard InChI is InChI=1S/C9H13N3S2/c1-4-5-6-7-13-9-11-10-8(14-9)12(2)3/h1H,5-7H2,2-3H3. The van der Waals surface area contributed by atoms with Crippen LogP contribution in [0.3, 0.4) is 0 Å². The van der Waals surface area contributed by atoms with Crippen LogP contribution in [0.2, 0.25) is 0 Å². The van der Waals surface area contributed by atoms with E-state index in [4.69, 9.17) is 6.42 Å². The SMILES string of the molecule is C#CCCCSc1nnc(N(C)C)s1.